The number of hydrogen-bond donors (Lipinski definition) is 2. The summed E-state index contributed by atoms with van der Waals surface area (Å²) in [5.74, 6) is -0.698. The minimum Gasteiger partial charge on any atom is -0.492 e. The quantitative estimate of drug-likeness (QED) is 0.758. The van der Waals surface area contributed by atoms with E-state index in [2.05, 4.69) is 5.32 Å². The zero-order chi connectivity index (χ0) is 16.8. The Hall–Kier alpha value is -2.47. The largest absolute Gasteiger partial charge is 0.492 e. The highest BCUT2D eigenvalue weighted by atomic mass is 35.5. The van der Waals surface area contributed by atoms with Gasteiger partial charge in [-0.1, -0.05) is 18.5 Å². The standard InChI is InChI=1S/C16H16ClNO5/c1-2-13-12(16(20)21)9-14(23-13)15(19)18-7-8-22-11-5-3-10(17)4-6-11/h3-6,9H,2,7-8H2,1H3,(H,18,19)(H,20,21). The molecular formula is C16H16ClNO5. The van der Waals surface area contributed by atoms with Crippen LogP contribution in [0.3, 0.4) is 0 Å². The number of amides is 1. The number of aryl methyl sites for hydroxylation is 1. The summed E-state index contributed by atoms with van der Waals surface area (Å²) in [5, 5.41) is 12.3. The normalized spacial score (nSPS) is 10.3. The van der Waals surface area contributed by atoms with Crippen molar-refractivity contribution in [3.05, 3.63) is 52.4 Å². The van der Waals surface area contributed by atoms with Crippen LogP contribution < -0.4 is 10.1 Å². The van der Waals surface area contributed by atoms with Gasteiger partial charge in [0.15, 0.2) is 5.76 Å². The van der Waals surface area contributed by atoms with E-state index in [4.69, 9.17) is 25.9 Å². The van der Waals surface area contributed by atoms with Gasteiger partial charge in [0, 0.05) is 17.5 Å². The van der Waals surface area contributed by atoms with Gasteiger partial charge in [0.2, 0.25) is 0 Å². The van der Waals surface area contributed by atoms with E-state index >= 15 is 0 Å². The van der Waals surface area contributed by atoms with Crippen LogP contribution in [0, 0.1) is 0 Å². The van der Waals surface area contributed by atoms with Crippen molar-refractivity contribution in [1.29, 1.82) is 0 Å². The summed E-state index contributed by atoms with van der Waals surface area (Å²) in [6, 6.07) is 8.10. The zero-order valence-electron chi connectivity index (χ0n) is 12.5. The van der Waals surface area contributed by atoms with Crippen molar-refractivity contribution >= 4 is 23.5 Å². The molecule has 1 aromatic carbocycles. The van der Waals surface area contributed by atoms with E-state index in [0.717, 1.165) is 0 Å². The number of aromatic carboxylic acids is 1. The van der Waals surface area contributed by atoms with Crippen molar-refractivity contribution in [1.82, 2.24) is 5.32 Å². The number of nitrogens with one attached hydrogen (secondary N) is 1. The maximum Gasteiger partial charge on any atom is 0.339 e. The minimum absolute atomic E-state index is 0.00932. The molecular weight excluding hydrogens is 322 g/mol. The van der Waals surface area contributed by atoms with E-state index in [9.17, 15) is 9.59 Å². The molecule has 0 bridgehead atoms. The molecule has 0 aliphatic rings. The van der Waals surface area contributed by atoms with Crippen LogP contribution in [-0.4, -0.2) is 30.1 Å². The third kappa shape index (κ3) is 4.50. The molecule has 0 spiro atoms. The highest BCUT2D eigenvalue weighted by molar-refractivity contribution is 6.30. The maximum atomic E-state index is 11.9. The van der Waals surface area contributed by atoms with Crippen LogP contribution in [-0.2, 0) is 6.42 Å². The molecule has 0 atom stereocenters. The highest BCUT2D eigenvalue weighted by Gasteiger charge is 2.19. The average Bonchev–Trinajstić information content (AvgIpc) is 2.97. The molecule has 0 aliphatic carbocycles. The van der Waals surface area contributed by atoms with E-state index in [0.29, 0.717) is 17.2 Å². The molecule has 2 rings (SSSR count). The van der Waals surface area contributed by atoms with E-state index in [1.54, 1.807) is 31.2 Å². The number of furan rings is 1. The van der Waals surface area contributed by atoms with Crippen LogP contribution in [0.1, 0.15) is 33.6 Å². The van der Waals surface area contributed by atoms with Gasteiger partial charge < -0.3 is 19.6 Å². The molecule has 0 saturated carbocycles. The minimum atomic E-state index is -1.12. The Kier molecular flexibility index (Phi) is 5.65. The predicted octanol–water partition coefficient (Wildman–Crippen LogP) is 3.00. The van der Waals surface area contributed by atoms with Gasteiger partial charge in [0.1, 0.15) is 23.7 Å². The molecule has 1 heterocycles. The summed E-state index contributed by atoms with van der Waals surface area (Å²) < 4.78 is 10.7. The number of carboxylic acid groups (broad SMARTS) is 1. The molecule has 1 aromatic heterocycles. The van der Waals surface area contributed by atoms with Crippen LogP contribution >= 0.6 is 11.6 Å². The number of ether oxygens (including phenoxy) is 1. The lowest BCUT2D eigenvalue weighted by molar-refractivity contribution is 0.0694. The predicted molar refractivity (Wildman–Crippen MR) is 84.3 cm³/mol. The lowest BCUT2D eigenvalue weighted by Crippen LogP contribution is -2.27. The third-order valence-corrected chi connectivity index (χ3v) is 3.31. The van der Waals surface area contributed by atoms with Crippen molar-refractivity contribution in [2.45, 2.75) is 13.3 Å². The Bertz CT molecular complexity index is 693. The molecule has 23 heavy (non-hydrogen) atoms. The lowest BCUT2D eigenvalue weighted by Gasteiger charge is -2.06. The summed E-state index contributed by atoms with van der Waals surface area (Å²) in [7, 11) is 0. The Morgan fingerprint density at radius 3 is 2.57 bits per heavy atom. The first kappa shape index (κ1) is 16.9. The van der Waals surface area contributed by atoms with Crippen LogP contribution in [0.4, 0.5) is 0 Å². The topological polar surface area (TPSA) is 88.8 Å². The Morgan fingerprint density at radius 2 is 2.00 bits per heavy atom. The van der Waals surface area contributed by atoms with Gasteiger partial charge in [-0.2, -0.15) is 0 Å². The van der Waals surface area contributed by atoms with Crippen molar-refractivity contribution in [2.24, 2.45) is 0 Å². The molecule has 0 saturated heterocycles. The Labute approximate surface area is 138 Å². The van der Waals surface area contributed by atoms with Crippen LogP contribution in [0.2, 0.25) is 5.02 Å². The molecule has 122 valence electrons. The second-order valence-electron chi connectivity index (χ2n) is 4.66. The molecule has 0 unspecified atom stereocenters. The average molecular weight is 338 g/mol. The maximum absolute atomic E-state index is 11.9. The van der Waals surface area contributed by atoms with E-state index < -0.39 is 11.9 Å². The Morgan fingerprint density at radius 1 is 1.30 bits per heavy atom. The summed E-state index contributed by atoms with van der Waals surface area (Å²) in [6.07, 6.45) is 0.397. The molecule has 6 nitrogen and oxygen atoms in total. The number of carboxylic acids is 1. The molecule has 0 radical (unpaired) electrons. The zero-order valence-corrected chi connectivity index (χ0v) is 13.2. The lowest BCUT2D eigenvalue weighted by atomic mass is 10.2. The van der Waals surface area contributed by atoms with Gasteiger partial charge in [-0.25, -0.2) is 4.79 Å². The number of carbonyl (C=O) groups excluding carboxylic acids is 1. The van der Waals surface area contributed by atoms with Gasteiger partial charge in [0.05, 0.1) is 6.54 Å². The first-order valence-corrected chi connectivity index (χ1v) is 7.41. The first-order chi connectivity index (χ1) is 11.0. The van der Waals surface area contributed by atoms with Gasteiger partial charge in [0.25, 0.3) is 5.91 Å². The smallest absolute Gasteiger partial charge is 0.339 e. The fourth-order valence-corrected chi connectivity index (χ4v) is 2.06. The molecule has 0 aliphatic heterocycles. The number of benzene rings is 1. The SMILES string of the molecule is CCc1oc(C(=O)NCCOc2ccc(Cl)cc2)cc1C(=O)O. The highest BCUT2D eigenvalue weighted by Crippen LogP contribution is 2.17. The Balaban J connectivity index is 1.85. The summed E-state index contributed by atoms with van der Waals surface area (Å²) in [5.41, 5.74) is 0.00932. The molecule has 2 aromatic rings. The second kappa shape index (κ2) is 7.69. The fraction of sp³-hybridized carbons (Fsp3) is 0.250. The number of rotatable bonds is 7. The number of halogens is 1. The molecule has 7 heteroatoms. The molecule has 0 fully saturated rings. The van der Waals surface area contributed by atoms with Crippen molar-refractivity contribution in [3.8, 4) is 5.75 Å². The van der Waals surface area contributed by atoms with E-state index in [1.807, 2.05) is 0 Å². The van der Waals surface area contributed by atoms with E-state index in [1.165, 1.54) is 6.07 Å². The van der Waals surface area contributed by atoms with Gasteiger partial charge in [-0.3, -0.25) is 4.79 Å². The summed E-state index contributed by atoms with van der Waals surface area (Å²) in [4.78, 5) is 23.0. The second-order valence-corrected chi connectivity index (χ2v) is 5.10. The van der Waals surface area contributed by atoms with Crippen LogP contribution in [0.25, 0.3) is 0 Å². The summed E-state index contributed by atoms with van der Waals surface area (Å²) >= 11 is 5.77. The first-order valence-electron chi connectivity index (χ1n) is 7.03. The van der Waals surface area contributed by atoms with Gasteiger partial charge in [-0.05, 0) is 24.3 Å². The molecule has 2 N–H and O–H groups in total. The van der Waals surface area contributed by atoms with Gasteiger partial charge in [-0.15, -0.1) is 0 Å². The van der Waals surface area contributed by atoms with Crippen molar-refractivity contribution in [3.63, 3.8) is 0 Å². The monoisotopic (exact) mass is 337 g/mol. The van der Waals surface area contributed by atoms with Gasteiger partial charge >= 0.3 is 5.97 Å². The van der Waals surface area contributed by atoms with Crippen molar-refractivity contribution < 1.29 is 23.8 Å². The van der Waals surface area contributed by atoms with Crippen LogP contribution in [0.15, 0.2) is 34.7 Å². The van der Waals surface area contributed by atoms with E-state index in [-0.39, 0.29) is 30.2 Å². The third-order valence-electron chi connectivity index (χ3n) is 3.05. The molecule has 1 amide bonds. The fourth-order valence-electron chi connectivity index (χ4n) is 1.94. The number of carbonyl (C=O) groups is 2. The number of hydrogen-bond acceptors (Lipinski definition) is 4. The summed E-state index contributed by atoms with van der Waals surface area (Å²) in [6.45, 7) is 2.28. The van der Waals surface area contributed by atoms with Crippen LogP contribution in [0.5, 0.6) is 5.75 Å². The van der Waals surface area contributed by atoms with Crippen molar-refractivity contribution in [2.75, 3.05) is 13.2 Å².